The number of nitrogens with zero attached hydrogens (tertiary/aromatic N) is 4. The van der Waals surface area contributed by atoms with Crippen LogP contribution in [-0.4, -0.2) is 63.9 Å². The highest BCUT2D eigenvalue weighted by molar-refractivity contribution is 5.97. The molecule has 0 bridgehead atoms. The number of aryl methyl sites for hydroxylation is 1. The molecule has 2 aliphatic heterocycles. The normalized spacial score (nSPS) is 22.0. The lowest BCUT2D eigenvalue weighted by Crippen LogP contribution is -2.39. The maximum Gasteiger partial charge on any atom is 0.410 e. The van der Waals surface area contributed by atoms with Crippen LogP contribution in [0.4, 0.5) is 9.18 Å². The number of benzene rings is 1. The Bertz CT molecular complexity index is 924. The molecule has 0 N–H and O–H groups in total. The monoisotopic (exact) mass is 372 g/mol. The van der Waals surface area contributed by atoms with Crippen molar-refractivity contribution in [3.8, 4) is 5.69 Å². The van der Waals surface area contributed by atoms with E-state index in [-0.39, 0.29) is 17.8 Å². The summed E-state index contributed by atoms with van der Waals surface area (Å²) in [6.45, 7) is 5.01. The molecule has 27 heavy (non-hydrogen) atoms. The molecule has 2 saturated heterocycles. The first-order valence-electron chi connectivity index (χ1n) is 8.85. The van der Waals surface area contributed by atoms with Crippen LogP contribution < -0.4 is 0 Å². The minimum absolute atomic E-state index is 0.124. The van der Waals surface area contributed by atoms with Gasteiger partial charge in [0.15, 0.2) is 5.60 Å². The van der Waals surface area contributed by atoms with Gasteiger partial charge in [-0.25, -0.2) is 13.9 Å². The van der Waals surface area contributed by atoms with Crippen LogP contribution in [0.2, 0.25) is 0 Å². The number of amides is 2. The predicted molar refractivity (Wildman–Crippen MR) is 95.4 cm³/mol. The van der Waals surface area contributed by atoms with Gasteiger partial charge in [-0.15, -0.1) is 0 Å². The molecule has 0 unspecified atom stereocenters. The van der Waals surface area contributed by atoms with Gasteiger partial charge in [-0.1, -0.05) is 0 Å². The van der Waals surface area contributed by atoms with Gasteiger partial charge in [0.1, 0.15) is 5.82 Å². The topological polar surface area (TPSA) is 67.7 Å². The van der Waals surface area contributed by atoms with Crippen molar-refractivity contribution in [3.63, 3.8) is 0 Å². The van der Waals surface area contributed by atoms with Gasteiger partial charge in [0.05, 0.1) is 35.7 Å². The minimum Gasteiger partial charge on any atom is -0.439 e. The van der Waals surface area contributed by atoms with E-state index in [1.54, 1.807) is 35.7 Å². The molecule has 3 heterocycles. The third-order valence-electron chi connectivity index (χ3n) is 5.32. The fourth-order valence-electron chi connectivity index (χ4n) is 3.97. The van der Waals surface area contributed by atoms with Gasteiger partial charge in [-0.3, -0.25) is 4.79 Å². The molecule has 2 aliphatic rings. The molecule has 0 saturated carbocycles. The summed E-state index contributed by atoms with van der Waals surface area (Å²) in [7, 11) is 1.70. The minimum atomic E-state index is -0.615. The van der Waals surface area contributed by atoms with Crippen LogP contribution in [0.3, 0.4) is 0 Å². The van der Waals surface area contributed by atoms with Crippen molar-refractivity contribution in [2.75, 3.05) is 26.7 Å². The smallest absolute Gasteiger partial charge is 0.410 e. The Balaban J connectivity index is 1.60. The van der Waals surface area contributed by atoms with E-state index in [0.29, 0.717) is 48.7 Å². The van der Waals surface area contributed by atoms with Crippen molar-refractivity contribution in [3.05, 3.63) is 47.0 Å². The molecule has 1 aromatic carbocycles. The Morgan fingerprint density at radius 1 is 1.22 bits per heavy atom. The summed E-state index contributed by atoms with van der Waals surface area (Å²) >= 11 is 0. The Morgan fingerprint density at radius 3 is 2.56 bits per heavy atom. The highest BCUT2D eigenvalue weighted by Crippen LogP contribution is 2.33. The second kappa shape index (κ2) is 6.07. The van der Waals surface area contributed by atoms with Gasteiger partial charge >= 0.3 is 6.09 Å². The summed E-state index contributed by atoms with van der Waals surface area (Å²) in [5.74, 6) is -0.448. The summed E-state index contributed by atoms with van der Waals surface area (Å²) in [4.78, 5) is 28.1. The van der Waals surface area contributed by atoms with Gasteiger partial charge in [-0.2, -0.15) is 5.10 Å². The number of carbonyl (C=O) groups is 2. The third-order valence-corrected chi connectivity index (χ3v) is 5.32. The lowest BCUT2D eigenvalue weighted by atomic mass is 10.0. The van der Waals surface area contributed by atoms with Gasteiger partial charge in [-0.05, 0) is 38.1 Å². The largest absolute Gasteiger partial charge is 0.439 e. The second-order valence-corrected chi connectivity index (χ2v) is 7.32. The standard InChI is InChI=1S/C19H21FN4O3/c1-12-16(13(2)24(21-12)15-6-4-14(20)5-7-15)17(25)23-9-8-19(11-23)10-22(3)18(26)27-19/h4-7H,8-11H2,1-3H3/t19-/m1/s1. The summed E-state index contributed by atoms with van der Waals surface area (Å²) in [5, 5.41) is 4.47. The molecular formula is C19H21FN4O3. The van der Waals surface area contributed by atoms with Crippen LogP contribution >= 0.6 is 0 Å². The van der Waals surface area contributed by atoms with Gasteiger partial charge in [0.25, 0.3) is 5.91 Å². The third kappa shape index (κ3) is 2.85. The number of likely N-dealkylation sites (N-methyl/N-ethyl adjacent to an activating group) is 1. The first-order valence-corrected chi connectivity index (χ1v) is 8.85. The molecule has 0 aliphatic carbocycles. The lowest BCUT2D eigenvalue weighted by Gasteiger charge is -2.22. The average molecular weight is 372 g/mol. The zero-order chi connectivity index (χ0) is 19.3. The van der Waals surface area contributed by atoms with E-state index in [1.807, 2.05) is 6.92 Å². The number of aromatic nitrogens is 2. The number of hydrogen-bond donors (Lipinski definition) is 0. The number of halogens is 1. The van der Waals surface area contributed by atoms with Crippen molar-refractivity contribution in [2.24, 2.45) is 0 Å². The van der Waals surface area contributed by atoms with E-state index in [0.717, 1.165) is 0 Å². The van der Waals surface area contributed by atoms with Crippen molar-refractivity contribution >= 4 is 12.0 Å². The number of carbonyl (C=O) groups excluding carboxylic acids is 2. The molecule has 1 spiro atoms. The van der Waals surface area contributed by atoms with Crippen LogP contribution in [0.5, 0.6) is 0 Å². The molecule has 0 radical (unpaired) electrons. The van der Waals surface area contributed by atoms with Crippen molar-refractivity contribution in [2.45, 2.75) is 25.9 Å². The van der Waals surface area contributed by atoms with Crippen molar-refractivity contribution in [1.82, 2.24) is 19.6 Å². The highest BCUT2D eigenvalue weighted by Gasteiger charge is 2.50. The SMILES string of the molecule is Cc1nn(-c2ccc(F)cc2)c(C)c1C(=O)N1CC[C@@]2(CN(C)C(=O)O2)C1. The number of likely N-dealkylation sites (tertiary alicyclic amines) is 1. The Morgan fingerprint density at radius 2 is 1.93 bits per heavy atom. The van der Waals surface area contributed by atoms with E-state index in [4.69, 9.17) is 4.74 Å². The summed E-state index contributed by atoms with van der Waals surface area (Å²) < 4.78 is 20.4. The maximum absolute atomic E-state index is 13.2. The van der Waals surface area contributed by atoms with E-state index in [1.165, 1.54) is 17.0 Å². The predicted octanol–water partition coefficient (Wildman–Crippen LogP) is 2.29. The fourth-order valence-corrected chi connectivity index (χ4v) is 3.97. The molecule has 1 atom stereocenters. The molecule has 142 valence electrons. The maximum atomic E-state index is 13.2. The van der Waals surface area contributed by atoms with Gasteiger partial charge < -0.3 is 14.5 Å². The zero-order valence-corrected chi connectivity index (χ0v) is 15.5. The molecule has 8 heteroatoms. The van der Waals surface area contributed by atoms with Gasteiger partial charge in [0, 0.05) is 20.0 Å². The van der Waals surface area contributed by atoms with E-state index in [9.17, 15) is 14.0 Å². The quantitative estimate of drug-likeness (QED) is 0.811. The summed E-state index contributed by atoms with van der Waals surface area (Å²) in [6.07, 6.45) is 0.278. The molecule has 2 fully saturated rings. The molecule has 1 aromatic heterocycles. The second-order valence-electron chi connectivity index (χ2n) is 7.32. The highest BCUT2D eigenvalue weighted by atomic mass is 19.1. The molecule has 2 amide bonds. The van der Waals surface area contributed by atoms with Crippen molar-refractivity contribution < 1.29 is 18.7 Å². The lowest BCUT2D eigenvalue weighted by molar-refractivity contribution is 0.0552. The number of rotatable bonds is 2. The number of ether oxygens (including phenoxy) is 1. The van der Waals surface area contributed by atoms with Crippen molar-refractivity contribution in [1.29, 1.82) is 0 Å². The number of hydrogen-bond acceptors (Lipinski definition) is 4. The average Bonchev–Trinajstić information content (AvgIpc) is 3.25. The fraction of sp³-hybridized carbons (Fsp3) is 0.421. The molecule has 2 aromatic rings. The van der Waals surface area contributed by atoms with E-state index < -0.39 is 5.60 Å². The van der Waals surface area contributed by atoms with Crippen LogP contribution in [0, 0.1) is 19.7 Å². The first kappa shape index (κ1) is 17.5. The van der Waals surface area contributed by atoms with Crippen LogP contribution in [0.25, 0.3) is 5.69 Å². The van der Waals surface area contributed by atoms with E-state index in [2.05, 4.69) is 5.10 Å². The van der Waals surface area contributed by atoms with Crippen LogP contribution in [0.15, 0.2) is 24.3 Å². The summed E-state index contributed by atoms with van der Waals surface area (Å²) in [6, 6.07) is 5.98. The molecule has 4 rings (SSSR count). The van der Waals surface area contributed by atoms with Crippen LogP contribution in [-0.2, 0) is 4.74 Å². The van der Waals surface area contributed by atoms with E-state index >= 15 is 0 Å². The Labute approximate surface area is 156 Å². The molecule has 7 nitrogen and oxygen atoms in total. The first-order chi connectivity index (χ1) is 12.8. The Kier molecular flexibility index (Phi) is 3.94. The Hall–Kier alpha value is -2.90. The van der Waals surface area contributed by atoms with Gasteiger partial charge in [0.2, 0.25) is 0 Å². The summed E-state index contributed by atoms with van der Waals surface area (Å²) in [5.41, 5.74) is 1.93. The molecular weight excluding hydrogens is 351 g/mol. The van der Waals surface area contributed by atoms with Crippen LogP contribution in [0.1, 0.15) is 28.2 Å². The zero-order valence-electron chi connectivity index (χ0n) is 15.5.